The Balaban J connectivity index is 1.48. The summed E-state index contributed by atoms with van der Waals surface area (Å²) >= 11 is 1.81. The first-order chi connectivity index (χ1) is 10.7. The summed E-state index contributed by atoms with van der Waals surface area (Å²) in [5, 5.41) is 5.15. The van der Waals surface area contributed by atoms with Crippen molar-refractivity contribution in [2.45, 2.75) is 26.3 Å². The van der Waals surface area contributed by atoms with Crippen molar-refractivity contribution in [1.82, 2.24) is 10.2 Å². The molecule has 5 heteroatoms. The molecule has 0 aromatic carbocycles. The fourth-order valence-electron chi connectivity index (χ4n) is 3.01. The number of amides is 1. The summed E-state index contributed by atoms with van der Waals surface area (Å²) in [6.07, 6.45) is 3.94. The van der Waals surface area contributed by atoms with E-state index in [0.29, 0.717) is 11.7 Å². The number of nitrogens with zero attached hydrogens (tertiary/aromatic N) is 1. The molecular weight excluding hydrogens is 296 g/mol. The summed E-state index contributed by atoms with van der Waals surface area (Å²) in [4.78, 5) is 16.0. The molecule has 1 saturated heterocycles. The van der Waals surface area contributed by atoms with Crippen molar-refractivity contribution < 1.29 is 9.21 Å². The lowest BCUT2D eigenvalue weighted by atomic mass is 9.98. The Morgan fingerprint density at radius 2 is 2.41 bits per heavy atom. The molecule has 22 heavy (non-hydrogen) atoms. The predicted octanol–water partition coefficient (Wildman–Crippen LogP) is 3.29. The first-order valence-corrected chi connectivity index (χ1v) is 8.67. The minimum atomic E-state index is -0.0992. The Kier molecular flexibility index (Phi) is 4.95. The molecule has 118 valence electrons. The van der Waals surface area contributed by atoms with Crippen LogP contribution in [0, 0.1) is 12.8 Å². The molecule has 4 nitrogen and oxygen atoms in total. The number of thiophene rings is 1. The zero-order chi connectivity index (χ0) is 15.4. The first-order valence-electron chi connectivity index (χ1n) is 7.79. The summed E-state index contributed by atoms with van der Waals surface area (Å²) in [6.45, 7) is 5.84. The van der Waals surface area contributed by atoms with Gasteiger partial charge in [-0.05, 0) is 49.7 Å². The van der Waals surface area contributed by atoms with Gasteiger partial charge < -0.3 is 9.73 Å². The Morgan fingerprint density at radius 3 is 3.14 bits per heavy atom. The average Bonchev–Trinajstić information content (AvgIpc) is 3.17. The van der Waals surface area contributed by atoms with Crippen LogP contribution in [-0.2, 0) is 6.54 Å². The molecule has 3 rings (SSSR count). The maximum Gasteiger partial charge on any atom is 0.287 e. The van der Waals surface area contributed by atoms with Crippen molar-refractivity contribution in [2.75, 3.05) is 19.6 Å². The van der Waals surface area contributed by atoms with Crippen LogP contribution in [0.4, 0.5) is 0 Å². The number of rotatable bonds is 5. The Labute approximate surface area is 135 Å². The van der Waals surface area contributed by atoms with Crippen LogP contribution in [-0.4, -0.2) is 30.4 Å². The van der Waals surface area contributed by atoms with Gasteiger partial charge in [0.15, 0.2) is 5.76 Å². The topological polar surface area (TPSA) is 45.5 Å². The van der Waals surface area contributed by atoms with Gasteiger partial charge in [-0.2, -0.15) is 0 Å². The third-order valence-corrected chi connectivity index (χ3v) is 5.04. The SMILES string of the molecule is Cc1ccoc1C(=O)NC[C@@H]1CCCN(Cc2cccs2)C1. The zero-order valence-corrected chi connectivity index (χ0v) is 13.7. The molecule has 0 unspecified atom stereocenters. The molecule has 0 bridgehead atoms. The van der Waals surface area contributed by atoms with E-state index in [0.717, 1.165) is 31.7 Å². The molecule has 1 atom stereocenters. The van der Waals surface area contributed by atoms with Gasteiger partial charge in [-0.3, -0.25) is 9.69 Å². The second-order valence-corrected chi connectivity index (χ2v) is 7.00. The summed E-state index contributed by atoms with van der Waals surface area (Å²) < 4.78 is 5.24. The highest BCUT2D eigenvalue weighted by Crippen LogP contribution is 2.20. The Morgan fingerprint density at radius 1 is 1.50 bits per heavy atom. The molecule has 1 N–H and O–H groups in total. The van der Waals surface area contributed by atoms with Gasteiger partial charge in [0, 0.05) is 30.1 Å². The Bertz CT molecular complexity index is 606. The van der Waals surface area contributed by atoms with E-state index >= 15 is 0 Å². The second kappa shape index (κ2) is 7.11. The van der Waals surface area contributed by atoms with E-state index < -0.39 is 0 Å². The van der Waals surface area contributed by atoms with Crippen molar-refractivity contribution in [2.24, 2.45) is 5.92 Å². The first kappa shape index (κ1) is 15.3. The molecule has 0 radical (unpaired) electrons. The number of furan rings is 1. The third kappa shape index (κ3) is 3.78. The van der Waals surface area contributed by atoms with E-state index in [1.54, 1.807) is 6.26 Å². The van der Waals surface area contributed by atoms with Gasteiger partial charge in [-0.1, -0.05) is 6.07 Å². The van der Waals surface area contributed by atoms with E-state index in [4.69, 9.17) is 4.42 Å². The van der Waals surface area contributed by atoms with E-state index in [1.165, 1.54) is 17.7 Å². The smallest absolute Gasteiger partial charge is 0.287 e. The highest BCUT2D eigenvalue weighted by molar-refractivity contribution is 7.09. The largest absolute Gasteiger partial charge is 0.459 e. The molecule has 0 saturated carbocycles. The maximum atomic E-state index is 12.1. The Hall–Kier alpha value is -1.59. The molecule has 0 aliphatic carbocycles. The highest BCUT2D eigenvalue weighted by atomic mass is 32.1. The van der Waals surface area contributed by atoms with Crippen LogP contribution in [0.3, 0.4) is 0 Å². The van der Waals surface area contributed by atoms with Crippen LogP contribution in [0.15, 0.2) is 34.3 Å². The van der Waals surface area contributed by atoms with E-state index in [-0.39, 0.29) is 5.91 Å². The van der Waals surface area contributed by atoms with Gasteiger partial charge in [0.25, 0.3) is 5.91 Å². The van der Waals surface area contributed by atoms with Crippen LogP contribution in [0.25, 0.3) is 0 Å². The lowest BCUT2D eigenvalue weighted by Gasteiger charge is -2.32. The van der Waals surface area contributed by atoms with Crippen molar-refractivity contribution >= 4 is 17.2 Å². The van der Waals surface area contributed by atoms with Crippen molar-refractivity contribution in [3.63, 3.8) is 0 Å². The van der Waals surface area contributed by atoms with Gasteiger partial charge in [-0.15, -0.1) is 11.3 Å². The summed E-state index contributed by atoms with van der Waals surface area (Å²) in [6, 6.07) is 6.11. The number of likely N-dealkylation sites (tertiary alicyclic amines) is 1. The number of piperidine rings is 1. The monoisotopic (exact) mass is 318 g/mol. The lowest BCUT2D eigenvalue weighted by molar-refractivity contribution is 0.0902. The molecule has 0 spiro atoms. The number of aryl methyl sites for hydroxylation is 1. The normalized spacial score (nSPS) is 19.2. The molecule has 1 amide bonds. The summed E-state index contributed by atoms with van der Waals surface area (Å²) in [5.74, 6) is 0.858. The number of carbonyl (C=O) groups is 1. The van der Waals surface area contributed by atoms with Crippen molar-refractivity contribution in [3.8, 4) is 0 Å². The average molecular weight is 318 g/mol. The van der Waals surface area contributed by atoms with Gasteiger partial charge in [0.05, 0.1) is 6.26 Å². The van der Waals surface area contributed by atoms with Crippen LogP contribution in [0.2, 0.25) is 0 Å². The summed E-state index contributed by atoms with van der Waals surface area (Å²) in [7, 11) is 0. The van der Waals surface area contributed by atoms with Crippen LogP contribution < -0.4 is 5.32 Å². The van der Waals surface area contributed by atoms with E-state index in [2.05, 4.69) is 27.7 Å². The maximum absolute atomic E-state index is 12.1. The molecule has 1 aliphatic heterocycles. The van der Waals surface area contributed by atoms with Gasteiger partial charge in [-0.25, -0.2) is 0 Å². The number of carbonyl (C=O) groups excluding carboxylic acids is 1. The molecular formula is C17H22N2O2S. The molecule has 3 heterocycles. The number of hydrogen-bond donors (Lipinski definition) is 1. The standard InChI is InChI=1S/C17H22N2O2S/c1-13-6-8-21-16(13)17(20)18-10-14-4-2-7-19(11-14)12-15-5-3-9-22-15/h3,5-6,8-9,14H,2,4,7,10-12H2,1H3,(H,18,20)/t14-/m0/s1. The van der Waals surface area contributed by atoms with E-state index in [9.17, 15) is 4.79 Å². The van der Waals surface area contributed by atoms with Crippen LogP contribution >= 0.6 is 11.3 Å². The van der Waals surface area contributed by atoms with Gasteiger partial charge >= 0.3 is 0 Å². The molecule has 2 aromatic heterocycles. The van der Waals surface area contributed by atoms with Crippen LogP contribution in [0.5, 0.6) is 0 Å². The van der Waals surface area contributed by atoms with Crippen LogP contribution in [0.1, 0.15) is 33.8 Å². The van der Waals surface area contributed by atoms with E-state index in [1.807, 2.05) is 24.3 Å². The van der Waals surface area contributed by atoms with Crippen molar-refractivity contribution in [3.05, 3.63) is 46.0 Å². The minimum Gasteiger partial charge on any atom is -0.459 e. The van der Waals surface area contributed by atoms with Gasteiger partial charge in [0.1, 0.15) is 0 Å². The fraction of sp³-hybridized carbons (Fsp3) is 0.471. The second-order valence-electron chi connectivity index (χ2n) is 5.97. The molecule has 2 aromatic rings. The number of nitrogens with one attached hydrogen (secondary N) is 1. The predicted molar refractivity (Wildman–Crippen MR) is 88.1 cm³/mol. The fourth-order valence-corrected chi connectivity index (χ4v) is 3.75. The number of hydrogen-bond acceptors (Lipinski definition) is 4. The quantitative estimate of drug-likeness (QED) is 0.920. The third-order valence-electron chi connectivity index (χ3n) is 4.18. The van der Waals surface area contributed by atoms with Gasteiger partial charge in [0.2, 0.25) is 0 Å². The highest BCUT2D eigenvalue weighted by Gasteiger charge is 2.21. The van der Waals surface area contributed by atoms with Crippen molar-refractivity contribution in [1.29, 1.82) is 0 Å². The summed E-state index contributed by atoms with van der Waals surface area (Å²) in [5.41, 5.74) is 0.889. The molecule has 1 fully saturated rings. The zero-order valence-electron chi connectivity index (χ0n) is 12.9. The molecule has 1 aliphatic rings. The minimum absolute atomic E-state index is 0.0992. The lowest BCUT2D eigenvalue weighted by Crippen LogP contribution is -2.40.